The van der Waals surface area contributed by atoms with Crippen molar-refractivity contribution in [1.82, 2.24) is 0 Å². The van der Waals surface area contributed by atoms with Gasteiger partial charge in [0.25, 0.3) is 0 Å². The van der Waals surface area contributed by atoms with Gasteiger partial charge in [-0.25, -0.2) is 4.39 Å². The second-order valence-corrected chi connectivity index (χ2v) is 5.12. The second-order valence-electron chi connectivity index (χ2n) is 3.74. The molecule has 0 amide bonds. The Morgan fingerprint density at radius 2 is 2.22 bits per heavy atom. The molecular formula is C13H22FNO2S. The van der Waals surface area contributed by atoms with Crippen LogP contribution < -0.4 is 5.73 Å². The molecular weight excluding hydrogens is 253 g/mol. The molecule has 0 aromatic carbocycles. The molecule has 0 radical (unpaired) electrons. The molecule has 3 nitrogen and oxygen atoms in total. The van der Waals surface area contributed by atoms with E-state index in [1.54, 1.807) is 12.3 Å². The molecule has 0 aliphatic carbocycles. The van der Waals surface area contributed by atoms with Crippen LogP contribution in [-0.4, -0.2) is 36.7 Å². The van der Waals surface area contributed by atoms with Crippen LogP contribution in [0.15, 0.2) is 35.3 Å². The average Bonchev–Trinajstić information content (AvgIpc) is 2.36. The Hall–Kier alpha value is -0.620. The second kappa shape index (κ2) is 10.3. The Bertz CT molecular complexity index is 303. The van der Waals surface area contributed by atoms with Crippen LogP contribution in [-0.2, 0) is 15.9 Å². The van der Waals surface area contributed by atoms with E-state index in [9.17, 15) is 8.94 Å². The van der Waals surface area contributed by atoms with Crippen LogP contribution >= 0.6 is 0 Å². The first-order valence-electron chi connectivity index (χ1n) is 5.74. The third-order valence-corrected chi connectivity index (χ3v) is 3.28. The molecule has 0 saturated carbocycles. The first-order valence-corrected chi connectivity index (χ1v) is 7.29. The number of nitrogens with two attached hydrogens (primary N) is 1. The highest BCUT2D eigenvalue weighted by Gasteiger charge is 2.12. The van der Waals surface area contributed by atoms with Crippen molar-refractivity contribution in [2.45, 2.75) is 25.5 Å². The van der Waals surface area contributed by atoms with Gasteiger partial charge >= 0.3 is 0 Å². The molecule has 2 unspecified atom stereocenters. The lowest BCUT2D eigenvalue weighted by atomic mass is 10.1. The predicted molar refractivity (Wildman–Crippen MR) is 75.5 cm³/mol. The van der Waals surface area contributed by atoms with Gasteiger partial charge in [0.05, 0.1) is 12.1 Å². The van der Waals surface area contributed by atoms with Crippen molar-refractivity contribution in [2.75, 3.05) is 20.0 Å². The van der Waals surface area contributed by atoms with E-state index < -0.39 is 30.0 Å². The smallest absolute Gasteiger partial charge is 0.148 e. The summed E-state index contributed by atoms with van der Waals surface area (Å²) in [5.41, 5.74) is 5.54. The Morgan fingerprint density at radius 3 is 2.67 bits per heavy atom. The maximum absolute atomic E-state index is 12.4. The molecule has 0 fully saturated rings. The summed E-state index contributed by atoms with van der Waals surface area (Å²) in [6, 6.07) is -0.648. The van der Waals surface area contributed by atoms with Crippen molar-refractivity contribution in [1.29, 1.82) is 0 Å². The third-order valence-electron chi connectivity index (χ3n) is 2.32. The zero-order valence-corrected chi connectivity index (χ0v) is 12.0. The fraction of sp³-hybridized carbons (Fsp3) is 0.538. The molecule has 0 aromatic heterocycles. The Morgan fingerprint density at radius 1 is 1.56 bits per heavy atom. The van der Waals surface area contributed by atoms with Gasteiger partial charge in [0.1, 0.15) is 17.8 Å². The first-order chi connectivity index (χ1) is 8.56. The van der Waals surface area contributed by atoms with Crippen LogP contribution in [0, 0.1) is 0 Å². The minimum absolute atomic E-state index is 0.430. The Balaban J connectivity index is 4.41. The summed E-state index contributed by atoms with van der Waals surface area (Å²) < 4.78 is 28.8. The van der Waals surface area contributed by atoms with Gasteiger partial charge in [0.2, 0.25) is 0 Å². The number of alkyl halides is 1. The van der Waals surface area contributed by atoms with Crippen molar-refractivity contribution < 1.29 is 13.7 Å². The van der Waals surface area contributed by atoms with E-state index in [1.807, 2.05) is 31.2 Å². The van der Waals surface area contributed by atoms with Crippen LogP contribution in [0.5, 0.6) is 0 Å². The van der Waals surface area contributed by atoms with E-state index >= 15 is 0 Å². The van der Waals surface area contributed by atoms with Gasteiger partial charge in [-0.1, -0.05) is 18.2 Å². The molecule has 3 atom stereocenters. The van der Waals surface area contributed by atoms with Crippen LogP contribution in [0.2, 0.25) is 0 Å². The van der Waals surface area contributed by atoms with Crippen molar-refractivity contribution >= 4 is 11.2 Å². The molecule has 0 rings (SSSR count). The van der Waals surface area contributed by atoms with Crippen molar-refractivity contribution in [3.63, 3.8) is 0 Å². The number of rotatable bonds is 8. The summed E-state index contributed by atoms with van der Waals surface area (Å²) >= 11 is -1.01. The van der Waals surface area contributed by atoms with Crippen molar-refractivity contribution in [2.24, 2.45) is 5.73 Å². The molecule has 0 aromatic rings. The molecule has 2 N–H and O–H groups in total. The van der Waals surface area contributed by atoms with Gasteiger partial charge in [-0.05, 0) is 36.7 Å². The summed E-state index contributed by atoms with van der Waals surface area (Å²) in [6.45, 7) is 1.25. The zero-order chi connectivity index (χ0) is 14.0. The summed E-state index contributed by atoms with van der Waals surface area (Å²) in [7, 11) is 1.49. The van der Waals surface area contributed by atoms with Gasteiger partial charge in [-0.2, -0.15) is 0 Å². The van der Waals surface area contributed by atoms with Crippen LogP contribution in [0.25, 0.3) is 0 Å². The SMILES string of the molecule is C/C=C\C(=C/C/C=C/C(OC)[C@H](N)CF)[S+](C)[O-]. The quantitative estimate of drug-likeness (QED) is 0.419. The fourth-order valence-electron chi connectivity index (χ4n) is 1.33. The van der Waals surface area contributed by atoms with Crippen LogP contribution in [0.3, 0.4) is 0 Å². The molecule has 0 aliphatic heterocycles. The highest BCUT2D eigenvalue weighted by atomic mass is 32.2. The average molecular weight is 275 g/mol. The standard InChI is InChI=1S/C13H22FNO2S/c1-4-7-11(18(3)16)8-5-6-9-13(17-2)12(15)10-14/h4,6-9,12-13H,5,10,15H2,1-3H3/b7-4-,9-6+,11-8+/t12-,13?,18?/m1/s1. The lowest BCUT2D eigenvalue weighted by Crippen LogP contribution is -2.36. The minimum atomic E-state index is -1.01. The number of methoxy groups -OCH3 is 1. The Labute approximate surface area is 112 Å². The van der Waals surface area contributed by atoms with Gasteiger partial charge in [0, 0.05) is 7.11 Å². The Kier molecular flexibility index (Phi) is 9.96. The first kappa shape index (κ1) is 17.4. The third kappa shape index (κ3) is 6.96. The van der Waals surface area contributed by atoms with Crippen LogP contribution in [0.4, 0.5) is 4.39 Å². The summed E-state index contributed by atoms with van der Waals surface area (Å²) in [4.78, 5) is 0.769. The van der Waals surface area contributed by atoms with Crippen molar-refractivity contribution in [3.05, 3.63) is 35.3 Å². The van der Waals surface area contributed by atoms with Gasteiger partial charge < -0.3 is 15.0 Å². The lowest BCUT2D eigenvalue weighted by Gasteiger charge is -2.15. The van der Waals surface area contributed by atoms with E-state index in [-0.39, 0.29) is 0 Å². The number of halogens is 1. The maximum Gasteiger partial charge on any atom is 0.148 e. The molecule has 5 heteroatoms. The fourth-order valence-corrected chi connectivity index (χ4v) is 1.98. The minimum Gasteiger partial charge on any atom is -0.612 e. The lowest BCUT2D eigenvalue weighted by molar-refractivity contribution is 0.109. The molecule has 0 aliphatic rings. The number of hydrogen-bond acceptors (Lipinski definition) is 3. The predicted octanol–water partition coefficient (Wildman–Crippen LogP) is 2.08. The van der Waals surface area contributed by atoms with Gasteiger partial charge in [0.15, 0.2) is 0 Å². The van der Waals surface area contributed by atoms with E-state index in [0.29, 0.717) is 6.42 Å². The van der Waals surface area contributed by atoms with Crippen LogP contribution in [0.1, 0.15) is 13.3 Å². The van der Waals surface area contributed by atoms with Gasteiger partial charge in [-0.15, -0.1) is 0 Å². The molecule has 0 heterocycles. The molecule has 0 bridgehead atoms. The summed E-state index contributed by atoms with van der Waals surface area (Å²) in [6.07, 6.45) is 10.9. The number of ether oxygens (including phenoxy) is 1. The molecule has 0 saturated heterocycles. The van der Waals surface area contributed by atoms with Crippen molar-refractivity contribution in [3.8, 4) is 0 Å². The summed E-state index contributed by atoms with van der Waals surface area (Å²) in [5, 5.41) is 0. The van der Waals surface area contributed by atoms with E-state index in [4.69, 9.17) is 10.5 Å². The summed E-state index contributed by atoms with van der Waals surface area (Å²) in [5.74, 6) is 0. The number of allylic oxidation sites excluding steroid dienone is 4. The zero-order valence-electron chi connectivity index (χ0n) is 11.1. The number of hydrogen-bond donors (Lipinski definition) is 1. The molecule has 104 valence electrons. The maximum atomic E-state index is 12.4. The largest absolute Gasteiger partial charge is 0.612 e. The molecule has 0 spiro atoms. The topological polar surface area (TPSA) is 58.3 Å². The monoisotopic (exact) mass is 275 g/mol. The van der Waals surface area contributed by atoms with E-state index in [1.165, 1.54) is 7.11 Å². The van der Waals surface area contributed by atoms with Gasteiger partial charge in [-0.3, -0.25) is 0 Å². The highest BCUT2D eigenvalue weighted by Crippen LogP contribution is 2.08. The highest BCUT2D eigenvalue weighted by molar-refractivity contribution is 7.94. The normalized spacial score (nSPS) is 18.4. The van der Waals surface area contributed by atoms with E-state index in [0.717, 1.165) is 4.91 Å². The molecule has 18 heavy (non-hydrogen) atoms. The van der Waals surface area contributed by atoms with E-state index in [2.05, 4.69) is 0 Å².